The van der Waals surface area contributed by atoms with Crippen molar-refractivity contribution in [1.82, 2.24) is 4.98 Å². The highest BCUT2D eigenvalue weighted by Gasteiger charge is 2.02. The molecule has 1 heterocycles. The summed E-state index contributed by atoms with van der Waals surface area (Å²) in [6.07, 6.45) is 1.73. The van der Waals surface area contributed by atoms with Gasteiger partial charge in [-0.25, -0.2) is 0 Å². The van der Waals surface area contributed by atoms with Crippen LogP contribution in [-0.4, -0.2) is 30.2 Å². The summed E-state index contributed by atoms with van der Waals surface area (Å²) in [5.74, 6) is 0.459. The fraction of sp³-hybridized carbons (Fsp3) is 0.455. The molecule has 0 fully saturated rings. The van der Waals surface area contributed by atoms with Gasteiger partial charge in [0.15, 0.2) is 0 Å². The van der Waals surface area contributed by atoms with Crippen molar-refractivity contribution in [3.8, 4) is 0 Å². The molecular weight excluding hydrogens is 222 g/mol. The summed E-state index contributed by atoms with van der Waals surface area (Å²) < 4.78 is 5.05. The lowest BCUT2D eigenvalue weighted by Crippen LogP contribution is -2.16. The van der Waals surface area contributed by atoms with Crippen molar-refractivity contribution >= 4 is 22.9 Å². The van der Waals surface area contributed by atoms with Gasteiger partial charge in [-0.2, -0.15) is 0 Å². The fourth-order valence-electron chi connectivity index (χ4n) is 1.28. The summed E-state index contributed by atoms with van der Waals surface area (Å²) in [5.41, 5.74) is 7.06. The van der Waals surface area contributed by atoms with Crippen LogP contribution in [-0.2, 0) is 4.74 Å². The van der Waals surface area contributed by atoms with E-state index in [4.69, 9.17) is 22.7 Å². The molecule has 4 nitrogen and oxygen atoms in total. The minimum absolute atomic E-state index is 0.319. The van der Waals surface area contributed by atoms with Crippen LogP contribution in [0.5, 0.6) is 0 Å². The molecule has 5 heteroatoms. The highest BCUT2D eigenvalue weighted by atomic mass is 32.1. The number of methoxy groups -OCH3 is 1. The molecule has 1 atom stereocenters. The van der Waals surface area contributed by atoms with Gasteiger partial charge in [0.1, 0.15) is 4.99 Å². The van der Waals surface area contributed by atoms with Crippen molar-refractivity contribution in [3.63, 3.8) is 0 Å². The molecule has 1 unspecified atom stereocenters. The van der Waals surface area contributed by atoms with Crippen LogP contribution in [0.3, 0.4) is 0 Å². The lowest BCUT2D eigenvalue weighted by atomic mass is 10.2. The fourth-order valence-corrected chi connectivity index (χ4v) is 1.40. The smallest absolute Gasteiger partial charge is 0.122 e. The van der Waals surface area contributed by atoms with Gasteiger partial charge in [0.05, 0.1) is 24.2 Å². The van der Waals surface area contributed by atoms with Crippen LogP contribution in [0.2, 0.25) is 0 Å². The highest BCUT2D eigenvalue weighted by molar-refractivity contribution is 7.80. The third-order valence-corrected chi connectivity index (χ3v) is 2.33. The van der Waals surface area contributed by atoms with E-state index in [0.29, 0.717) is 16.6 Å². The summed E-state index contributed by atoms with van der Waals surface area (Å²) >= 11 is 4.82. The van der Waals surface area contributed by atoms with Crippen LogP contribution in [0, 0.1) is 5.92 Å². The van der Waals surface area contributed by atoms with Crippen LogP contribution >= 0.6 is 12.2 Å². The van der Waals surface area contributed by atoms with Crippen LogP contribution in [0.4, 0.5) is 5.69 Å². The number of hydrogen-bond donors (Lipinski definition) is 2. The Balaban J connectivity index is 2.46. The van der Waals surface area contributed by atoms with E-state index in [1.807, 2.05) is 12.1 Å². The van der Waals surface area contributed by atoms with Gasteiger partial charge in [0, 0.05) is 13.7 Å². The first kappa shape index (κ1) is 12.9. The molecule has 0 aliphatic carbocycles. The molecule has 0 spiro atoms. The molecule has 1 aromatic heterocycles. The lowest BCUT2D eigenvalue weighted by molar-refractivity contribution is 0.164. The van der Waals surface area contributed by atoms with Gasteiger partial charge in [0.25, 0.3) is 0 Å². The maximum Gasteiger partial charge on any atom is 0.122 e. The number of nitrogens with zero attached hydrogens (tertiary/aromatic N) is 1. The first-order valence-electron chi connectivity index (χ1n) is 5.12. The van der Waals surface area contributed by atoms with Crippen molar-refractivity contribution in [2.24, 2.45) is 11.7 Å². The van der Waals surface area contributed by atoms with Crippen LogP contribution in [0.15, 0.2) is 18.3 Å². The maximum absolute atomic E-state index is 5.46. The van der Waals surface area contributed by atoms with Gasteiger partial charge in [-0.1, -0.05) is 19.1 Å². The number of nitrogens with two attached hydrogens (primary N) is 1. The normalized spacial score (nSPS) is 12.1. The molecule has 3 N–H and O–H groups in total. The molecule has 0 bridgehead atoms. The minimum Gasteiger partial charge on any atom is -0.388 e. The average molecular weight is 239 g/mol. The summed E-state index contributed by atoms with van der Waals surface area (Å²) in [6.45, 7) is 3.71. The van der Waals surface area contributed by atoms with E-state index in [1.54, 1.807) is 13.3 Å². The molecule has 88 valence electrons. The van der Waals surface area contributed by atoms with Crippen LogP contribution in [0.1, 0.15) is 12.6 Å². The number of hydrogen-bond acceptors (Lipinski definition) is 4. The van der Waals surface area contributed by atoms with E-state index < -0.39 is 0 Å². The Labute approximate surface area is 101 Å². The van der Waals surface area contributed by atoms with Gasteiger partial charge in [-0.3, -0.25) is 4.98 Å². The Hall–Kier alpha value is -1.20. The molecule has 0 saturated heterocycles. The van der Waals surface area contributed by atoms with E-state index in [2.05, 4.69) is 17.2 Å². The second-order valence-corrected chi connectivity index (χ2v) is 4.18. The van der Waals surface area contributed by atoms with E-state index in [0.717, 1.165) is 18.8 Å². The maximum atomic E-state index is 5.46. The second-order valence-electron chi connectivity index (χ2n) is 3.74. The molecule has 0 saturated carbocycles. The second kappa shape index (κ2) is 6.40. The molecule has 1 rings (SSSR count). The molecule has 0 aromatic carbocycles. The predicted molar refractivity (Wildman–Crippen MR) is 69.7 cm³/mol. The predicted octanol–water partition coefficient (Wildman–Crippen LogP) is 1.41. The van der Waals surface area contributed by atoms with E-state index in [-0.39, 0.29) is 0 Å². The Morgan fingerprint density at radius 3 is 2.88 bits per heavy atom. The zero-order valence-electron chi connectivity index (χ0n) is 9.56. The average Bonchev–Trinajstić information content (AvgIpc) is 2.27. The summed E-state index contributed by atoms with van der Waals surface area (Å²) in [4.78, 5) is 4.46. The first-order valence-corrected chi connectivity index (χ1v) is 5.53. The van der Waals surface area contributed by atoms with Crippen molar-refractivity contribution in [3.05, 3.63) is 24.0 Å². The number of ether oxygens (including phenoxy) is 1. The number of pyridine rings is 1. The SMILES string of the molecule is COCC(C)CNc1ccc(C(N)=S)nc1. The van der Waals surface area contributed by atoms with Gasteiger partial charge < -0.3 is 15.8 Å². The summed E-state index contributed by atoms with van der Waals surface area (Å²) in [5, 5.41) is 3.27. The van der Waals surface area contributed by atoms with Crippen LogP contribution < -0.4 is 11.1 Å². The van der Waals surface area contributed by atoms with Crippen molar-refractivity contribution in [2.75, 3.05) is 25.6 Å². The lowest BCUT2D eigenvalue weighted by Gasteiger charge is -2.12. The Morgan fingerprint density at radius 1 is 1.62 bits per heavy atom. The number of nitrogens with one attached hydrogen (secondary N) is 1. The van der Waals surface area contributed by atoms with Crippen LogP contribution in [0.25, 0.3) is 0 Å². The highest BCUT2D eigenvalue weighted by Crippen LogP contribution is 2.07. The minimum atomic E-state index is 0.319. The number of anilines is 1. The Morgan fingerprint density at radius 2 is 2.38 bits per heavy atom. The number of thiocarbonyl (C=S) groups is 1. The molecular formula is C11H17N3OS. The zero-order valence-corrected chi connectivity index (χ0v) is 10.4. The standard InChI is InChI=1S/C11H17N3OS/c1-8(7-15-2)5-13-9-3-4-10(11(12)16)14-6-9/h3-4,6,8,13H,5,7H2,1-2H3,(H2,12,16). The molecule has 0 aliphatic heterocycles. The monoisotopic (exact) mass is 239 g/mol. The number of aromatic nitrogens is 1. The zero-order chi connectivity index (χ0) is 12.0. The van der Waals surface area contributed by atoms with E-state index in [1.165, 1.54) is 0 Å². The van der Waals surface area contributed by atoms with Gasteiger partial charge in [-0.15, -0.1) is 0 Å². The van der Waals surface area contributed by atoms with E-state index >= 15 is 0 Å². The topological polar surface area (TPSA) is 60.2 Å². The van der Waals surface area contributed by atoms with Crippen molar-refractivity contribution < 1.29 is 4.74 Å². The third kappa shape index (κ3) is 4.12. The summed E-state index contributed by atoms with van der Waals surface area (Å²) in [6, 6.07) is 3.73. The largest absolute Gasteiger partial charge is 0.388 e. The van der Waals surface area contributed by atoms with Gasteiger partial charge in [-0.05, 0) is 18.1 Å². The van der Waals surface area contributed by atoms with Crippen molar-refractivity contribution in [2.45, 2.75) is 6.92 Å². The van der Waals surface area contributed by atoms with Gasteiger partial charge in [0.2, 0.25) is 0 Å². The van der Waals surface area contributed by atoms with Crippen molar-refractivity contribution in [1.29, 1.82) is 0 Å². The Bertz CT molecular complexity index is 340. The van der Waals surface area contributed by atoms with E-state index in [9.17, 15) is 0 Å². The number of rotatable bonds is 6. The molecule has 0 aliphatic rings. The molecule has 0 radical (unpaired) electrons. The summed E-state index contributed by atoms with van der Waals surface area (Å²) in [7, 11) is 1.70. The molecule has 0 amide bonds. The Kier molecular flexibility index (Phi) is 5.14. The third-order valence-electron chi connectivity index (χ3n) is 2.12. The molecule has 16 heavy (non-hydrogen) atoms. The van der Waals surface area contributed by atoms with Gasteiger partial charge >= 0.3 is 0 Å². The molecule has 1 aromatic rings. The first-order chi connectivity index (χ1) is 7.63. The quantitative estimate of drug-likeness (QED) is 0.735.